The number of anilines is 1. The number of aromatic amines is 2. The van der Waals surface area contributed by atoms with Crippen molar-refractivity contribution in [1.82, 2.24) is 34.7 Å². The van der Waals surface area contributed by atoms with Crippen molar-refractivity contribution in [2.75, 3.05) is 24.7 Å². The van der Waals surface area contributed by atoms with Crippen molar-refractivity contribution in [2.24, 2.45) is 0 Å². The molecule has 1 aliphatic rings. The number of aromatic nitrogens is 7. The Morgan fingerprint density at radius 2 is 2.00 bits per heavy atom. The molecule has 188 valence electrons. The van der Waals surface area contributed by atoms with Crippen LogP contribution in [0.2, 0.25) is 0 Å². The monoisotopic (exact) mass is 500 g/mol. The largest absolute Gasteiger partial charge is 0.377 e. The lowest BCUT2D eigenvalue weighted by Gasteiger charge is -2.34. The number of halogens is 1. The number of para-hydroxylation sites is 1. The van der Waals surface area contributed by atoms with Gasteiger partial charge in [0.1, 0.15) is 11.6 Å². The number of aryl methyl sites for hydroxylation is 1. The number of hydrogen-bond acceptors (Lipinski definition) is 7. The van der Waals surface area contributed by atoms with Crippen LogP contribution >= 0.6 is 0 Å². The molecule has 1 atom stereocenters. The van der Waals surface area contributed by atoms with E-state index >= 15 is 0 Å². The fraction of sp³-hybridized carbons (Fsp3) is 0.269. The Hall–Kier alpha value is -4.38. The van der Waals surface area contributed by atoms with Crippen molar-refractivity contribution < 1.29 is 9.13 Å². The average molecular weight is 501 g/mol. The van der Waals surface area contributed by atoms with Crippen molar-refractivity contribution in [1.29, 1.82) is 0 Å². The fourth-order valence-electron chi connectivity index (χ4n) is 4.92. The van der Waals surface area contributed by atoms with Gasteiger partial charge < -0.3 is 19.6 Å². The predicted octanol–water partition coefficient (Wildman–Crippen LogP) is 3.54. The lowest BCUT2D eigenvalue weighted by Crippen LogP contribution is -2.44. The molecule has 5 aromatic rings. The third-order valence-electron chi connectivity index (χ3n) is 6.65. The van der Waals surface area contributed by atoms with Gasteiger partial charge in [0.05, 0.1) is 65.5 Å². The van der Waals surface area contributed by atoms with Gasteiger partial charge in [-0.15, -0.1) is 0 Å². The molecule has 11 heteroatoms. The second kappa shape index (κ2) is 8.93. The van der Waals surface area contributed by atoms with Gasteiger partial charge in [0.25, 0.3) is 0 Å². The number of rotatable bonds is 4. The number of imidazole rings is 1. The Labute approximate surface area is 211 Å². The van der Waals surface area contributed by atoms with E-state index in [-0.39, 0.29) is 11.7 Å². The summed E-state index contributed by atoms with van der Waals surface area (Å²) in [7, 11) is 0. The molecule has 1 saturated heterocycles. The molecule has 0 saturated carbocycles. The van der Waals surface area contributed by atoms with E-state index in [1.807, 2.05) is 38.1 Å². The van der Waals surface area contributed by atoms with Crippen LogP contribution in [-0.2, 0) is 4.74 Å². The van der Waals surface area contributed by atoms with E-state index in [4.69, 9.17) is 14.7 Å². The summed E-state index contributed by atoms with van der Waals surface area (Å²) >= 11 is 0. The number of hydrogen-bond donors (Lipinski definition) is 2. The molecule has 0 radical (unpaired) electrons. The molecular weight excluding hydrogens is 475 g/mol. The van der Waals surface area contributed by atoms with Crippen molar-refractivity contribution in [3.8, 4) is 28.3 Å². The molecule has 5 heterocycles. The number of nitrogens with one attached hydrogen (secondary N) is 2. The quantitative estimate of drug-likeness (QED) is 0.388. The first-order valence-electron chi connectivity index (χ1n) is 12.0. The third-order valence-corrected chi connectivity index (χ3v) is 6.65. The van der Waals surface area contributed by atoms with Gasteiger partial charge in [0.15, 0.2) is 5.82 Å². The van der Waals surface area contributed by atoms with Crippen LogP contribution in [0.15, 0.2) is 47.5 Å². The van der Waals surface area contributed by atoms with Crippen LogP contribution < -0.4 is 10.6 Å². The Morgan fingerprint density at radius 3 is 2.81 bits per heavy atom. The van der Waals surface area contributed by atoms with E-state index in [1.165, 1.54) is 6.07 Å². The maximum Gasteiger partial charge on any atom is 0.323 e. The zero-order valence-corrected chi connectivity index (χ0v) is 20.6. The molecule has 6 rings (SSSR count). The minimum absolute atomic E-state index is 0.121. The average Bonchev–Trinajstić information content (AvgIpc) is 3.41. The van der Waals surface area contributed by atoms with Crippen molar-refractivity contribution in [3.63, 3.8) is 0 Å². The molecule has 1 fully saturated rings. The van der Waals surface area contributed by atoms with Crippen LogP contribution in [-0.4, -0.2) is 60.5 Å². The normalized spacial score (nSPS) is 16.0. The second-order valence-electron chi connectivity index (χ2n) is 9.18. The van der Waals surface area contributed by atoms with Crippen LogP contribution in [0.5, 0.6) is 0 Å². The maximum atomic E-state index is 13.9. The highest BCUT2D eigenvalue weighted by molar-refractivity contribution is 5.90. The van der Waals surface area contributed by atoms with E-state index in [0.717, 1.165) is 29.0 Å². The molecule has 2 N–H and O–H groups in total. The lowest BCUT2D eigenvalue weighted by molar-refractivity contribution is 0.0985. The Kier molecular flexibility index (Phi) is 5.56. The number of benzene rings is 1. The first kappa shape index (κ1) is 23.0. The van der Waals surface area contributed by atoms with Crippen LogP contribution in [0, 0.1) is 19.7 Å². The maximum absolute atomic E-state index is 13.9. The van der Waals surface area contributed by atoms with Gasteiger partial charge in [0.2, 0.25) is 0 Å². The highest BCUT2D eigenvalue weighted by Gasteiger charge is 2.25. The second-order valence-corrected chi connectivity index (χ2v) is 9.18. The number of nitrogens with zero attached hydrogens (tertiary/aromatic N) is 6. The van der Waals surface area contributed by atoms with Gasteiger partial charge in [-0.2, -0.15) is 5.10 Å². The minimum atomic E-state index is -0.437. The summed E-state index contributed by atoms with van der Waals surface area (Å²) in [6, 6.07) is 9.05. The summed E-state index contributed by atoms with van der Waals surface area (Å²) in [6.07, 6.45) is 2.73. The summed E-state index contributed by atoms with van der Waals surface area (Å²) in [5, 5.41) is 4.67. The van der Waals surface area contributed by atoms with E-state index in [9.17, 15) is 9.18 Å². The number of H-pyrrole nitrogens is 2. The van der Waals surface area contributed by atoms with E-state index in [1.54, 1.807) is 10.9 Å². The van der Waals surface area contributed by atoms with Crippen LogP contribution in [0.4, 0.5) is 10.2 Å². The molecule has 0 amide bonds. The van der Waals surface area contributed by atoms with E-state index < -0.39 is 5.82 Å². The highest BCUT2D eigenvalue weighted by Crippen LogP contribution is 2.33. The molecule has 4 aromatic heterocycles. The molecule has 0 aliphatic carbocycles. The molecular formula is C26H25FN8O2. The molecule has 1 aliphatic heterocycles. The first-order valence-corrected chi connectivity index (χ1v) is 12.0. The van der Waals surface area contributed by atoms with Gasteiger partial charge in [-0.25, -0.2) is 23.8 Å². The minimum Gasteiger partial charge on any atom is -0.377 e. The number of fused-ring (bicyclic) bond motifs is 1. The number of ether oxygens (including phenoxy) is 1. The number of pyridine rings is 1. The van der Waals surface area contributed by atoms with Gasteiger partial charge >= 0.3 is 5.69 Å². The summed E-state index contributed by atoms with van der Waals surface area (Å²) < 4.78 is 21.2. The van der Waals surface area contributed by atoms with Gasteiger partial charge in [-0.05, 0) is 32.9 Å². The van der Waals surface area contributed by atoms with E-state index in [0.29, 0.717) is 53.6 Å². The predicted molar refractivity (Wildman–Crippen MR) is 137 cm³/mol. The van der Waals surface area contributed by atoms with Crippen molar-refractivity contribution in [3.05, 3.63) is 70.4 Å². The summed E-state index contributed by atoms with van der Waals surface area (Å²) in [5.41, 5.74) is 5.29. The molecule has 0 spiro atoms. The number of morpholine rings is 1. The van der Waals surface area contributed by atoms with Crippen LogP contribution in [0.3, 0.4) is 0 Å². The lowest BCUT2D eigenvalue weighted by atomic mass is 10.1. The Morgan fingerprint density at radius 1 is 1.14 bits per heavy atom. The zero-order valence-electron chi connectivity index (χ0n) is 20.6. The van der Waals surface area contributed by atoms with Gasteiger partial charge in [-0.3, -0.25) is 4.98 Å². The van der Waals surface area contributed by atoms with Gasteiger partial charge in [0, 0.05) is 29.8 Å². The third kappa shape index (κ3) is 4.06. The fourth-order valence-corrected chi connectivity index (χ4v) is 4.92. The van der Waals surface area contributed by atoms with Crippen LogP contribution in [0.1, 0.15) is 18.3 Å². The standard InChI is InChI=1S/C26H25FN8O2/c1-14-13-37-8-7-34(14)22-10-21(23-15(2)33-35(16(23)3)18-9-17(27)11-28-12-18)29-25(31-22)19-5-4-6-20-24(19)32-26(36)30-20/h4-6,9-12,14H,7-8,13H2,1-3H3,(H2,30,32,36)/t14-/m1/s1. The molecule has 0 unspecified atom stereocenters. The zero-order chi connectivity index (χ0) is 25.7. The summed E-state index contributed by atoms with van der Waals surface area (Å²) in [5.74, 6) is 0.795. The Bertz CT molecular complexity index is 1690. The Balaban J connectivity index is 1.57. The topological polar surface area (TPSA) is 118 Å². The molecule has 37 heavy (non-hydrogen) atoms. The molecule has 0 bridgehead atoms. The highest BCUT2D eigenvalue weighted by atomic mass is 19.1. The summed E-state index contributed by atoms with van der Waals surface area (Å²) in [4.78, 5) is 33.8. The van der Waals surface area contributed by atoms with Crippen molar-refractivity contribution in [2.45, 2.75) is 26.8 Å². The first-order chi connectivity index (χ1) is 17.9. The van der Waals surface area contributed by atoms with E-state index in [2.05, 4.69) is 31.9 Å². The summed E-state index contributed by atoms with van der Waals surface area (Å²) in [6.45, 7) is 7.79. The molecule has 1 aromatic carbocycles. The van der Waals surface area contributed by atoms with Crippen LogP contribution in [0.25, 0.3) is 39.4 Å². The van der Waals surface area contributed by atoms with Crippen molar-refractivity contribution >= 4 is 16.9 Å². The SMILES string of the molecule is Cc1nn(-c2cncc(F)c2)c(C)c1-c1cc(N2CCOC[C@H]2C)nc(-c2cccc3[nH]c(=O)[nH]c23)n1. The molecule has 10 nitrogen and oxygen atoms in total. The smallest absolute Gasteiger partial charge is 0.323 e. The van der Waals surface area contributed by atoms with Gasteiger partial charge in [-0.1, -0.05) is 6.07 Å².